The molecule has 2 atom stereocenters. The third kappa shape index (κ3) is 4.07. The monoisotopic (exact) mass is 427 g/mol. The fourth-order valence-electron chi connectivity index (χ4n) is 4.42. The minimum Gasteiger partial charge on any atom is -0.378 e. The zero-order chi connectivity index (χ0) is 21.9. The molecular weight excluding hydrogens is 402 g/mol. The standard InChI is InChI=1S/C25H25N5O2/c31-22(17-6-2-1-3-7-17)25(32)29-20-10-4-8-18(14-20)19-9-5-13-30(15-19)24-21-11-12-26-23(21)27-16-28-24/h1-4,6-8,10-12,14,16,19,22,31H,5,9,13,15H2,(H,29,32)(H,26,27,28). The Morgan fingerprint density at radius 2 is 2.00 bits per heavy atom. The van der Waals surface area contributed by atoms with Gasteiger partial charge >= 0.3 is 0 Å². The first kappa shape index (κ1) is 20.2. The Balaban J connectivity index is 1.32. The minimum atomic E-state index is -1.20. The molecule has 0 spiro atoms. The molecule has 0 bridgehead atoms. The molecule has 1 saturated heterocycles. The highest BCUT2D eigenvalue weighted by atomic mass is 16.3. The molecule has 1 amide bonds. The topological polar surface area (TPSA) is 94.1 Å². The number of piperidine rings is 1. The van der Waals surface area contributed by atoms with Crippen molar-refractivity contribution in [3.8, 4) is 0 Å². The number of aliphatic hydroxyl groups excluding tert-OH is 1. The van der Waals surface area contributed by atoms with Crippen LogP contribution >= 0.6 is 0 Å². The molecule has 1 aliphatic rings. The molecule has 7 heteroatoms. The predicted octanol–water partition coefficient (Wildman–Crippen LogP) is 4.01. The summed E-state index contributed by atoms with van der Waals surface area (Å²) in [5, 5.41) is 14.3. The Bertz CT molecular complexity index is 1220. The number of carbonyl (C=O) groups is 1. The molecular formula is C25H25N5O2. The van der Waals surface area contributed by atoms with E-state index in [1.54, 1.807) is 30.6 Å². The van der Waals surface area contributed by atoms with E-state index in [1.807, 2.05) is 36.5 Å². The van der Waals surface area contributed by atoms with Crippen LogP contribution in [0.5, 0.6) is 0 Å². The first-order valence-corrected chi connectivity index (χ1v) is 10.9. The molecule has 2 aromatic heterocycles. The summed E-state index contributed by atoms with van der Waals surface area (Å²) < 4.78 is 0. The third-order valence-electron chi connectivity index (χ3n) is 6.04. The number of H-pyrrole nitrogens is 1. The molecule has 1 fully saturated rings. The Morgan fingerprint density at radius 1 is 1.12 bits per heavy atom. The van der Waals surface area contributed by atoms with E-state index in [0.29, 0.717) is 17.2 Å². The van der Waals surface area contributed by atoms with E-state index < -0.39 is 12.0 Å². The number of benzene rings is 2. The van der Waals surface area contributed by atoms with Crippen molar-refractivity contribution < 1.29 is 9.90 Å². The van der Waals surface area contributed by atoms with Crippen molar-refractivity contribution in [3.05, 3.63) is 84.3 Å². The highest BCUT2D eigenvalue weighted by Crippen LogP contribution is 2.32. The van der Waals surface area contributed by atoms with Gasteiger partial charge in [-0.05, 0) is 42.2 Å². The van der Waals surface area contributed by atoms with Crippen molar-refractivity contribution in [2.24, 2.45) is 0 Å². The fourth-order valence-corrected chi connectivity index (χ4v) is 4.42. The number of nitrogens with one attached hydrogen (secondary N) is 2. The van der Waals surface area contributed by atoms with Gasteiger partial charge in [0.05, 0.1) is 5.39 Å². The zero-order valence-electron chi connectivity index (χ0n) is 17.6. The molecule has 5 rings (SSSR count). The number of hydrogen-bond acceptors (Lipinski definition) is 5. The summed E-state index contributed by atoms with van der Waals surface area (Å²) in [5.74, 6) is 0.842. The largest absolute Gasteiger partial charge is 0.378 e. The van der Waals surface area contributed by atoms with Gasteiger partial charge in [0.2, 0.25) is 0 Å². The van der Waals surface area contributed by atoms with Crippen LogP contribution in [-0.4, -0.2) is 39.1 Å². The second-order valence-electron chi connectivity index (χ2n) is 8.15. The summed E-state index contributed by atoms with van der Waals surface area (Å²) in [6.45, 7) is 1.80. The number of aromatic amines is 1. The number of amides is 1. The van der Waals surface area contributed by atoms with Crippen LogP contribution in [0.4, 0.5) is 11.5 Å². The van der Waals surface area contributed by atoms with Crippen LogP contribution in [-0.2, 0) is 4.79 Å². The molecule has 3 heterocycles. The number of aromatic nitrogens is 3. The van der Waals surface area contributed by atoms with Crippen molar-refractivity contribution in [1.29, 1.82) is 0 Å². The number of nitrogens with zero attached hydrogens (tertiary/aromatic N) is 3. The van der Waals surface area contributed by atoms with E-state index in [0.717, 1.165) is 42.8 Å². The average Bonchev–Trinajstić information content (AvgIpc) is 3.33. The van der Waals surface area contributed by atoms with Gasteiger partial charge in [0, 0.05) is 30.9 Å². The number of fused-ring (bicyclic) bond motifs is 1. The lowest BCUT2D eigenvalue weighted by molar-refractivity contribution is -0.124. The van der Waals surface area contributed by atoms with Gasteiger partial charge in [0.1, 0.15) is 17.8 Å². The molecule has 32 heavy (non-hydrogen) atoms. The molecule has 2 unspecified atom stereocenters. The molecule has 2 aromatic carbocycles. The van der Waals surface area contributed by atoms with Gasteiger partial charge in [-0.15, -0.1) is 0 Å². The Kier molecular flexibility index (Phi) is 5.56. The summed E-state index contributed by atoms with van der Waals surface area (Å²) >= 11 is 0. The number of aliphatic hydroxyl groups is 1. The van der Waals surface area contributed by atoms with Crippen LogP contribution in [0.25, 0.3) is 11.0 Å². The van der Waals surface area contributed by atoms with E-state index in [2.05, 4.69) is 31.2 Å². The van der Waals surface area contributed by atoms with Crippen LogP contribution in [0, 0.1) is 0 Å². The molecule has 0 saturated carbocycles. The van der Waals surface area contributed by atoms with Gasteiger partial charge in [0.25, 0.3) is 5.91 Å². The summed E-state index contributed by atoms with van der Waals surface area (Å²) in [5.41, 5.74) is 3.28. The summed E-state index contributed by atoms with van der Waals surface area (Å²) in [6.07, 6.45) is 4.42. The number of anilines is 2. The normalized spacial score (nSPS) is 17.3. The van der Waals surface area contributed by atoms with Crippen LogP contribution < -0.4 is 10.2 Å². The number of hydrogen-bond donors (Lipinski definition) is 3. The van der Waals surface area contributed by atoms with Crippen molar-refractivity contribution in [1.82, 2.24) is 15.0 Å². The highest BCUT2D eigenvalue weighted by Gasteiger charge is 2.24. The van der Waals surface area contributed by atoms with Crippen molar-refractivity contribution in [3.63, 3.8) is 0 Å². The van der Waals surface area contributed by atoms with Crippen LogP contribution in [0.3, 0.4) is 0 Å². The van der Waals surface area contributed by atoms with Gasteiger partial charge in [-0.25, -0.2) is 9.97 Å². The van der Waals surface area contributed by atoms with E-state index in [4.69, 9.17) is 0 Å². The van der Waals surface area contributed by atoms with Gasteiger partial charge in [0.15, 0.2) is 6.10 Å². The molecule has 162 valence electrons. The molecule has 0 radical (unpaired) electrons. The predicted molar refractivity (Wildman–Crippen MR) is 125 cm³/mol. The fraction of sp³-hybridized carbons (Fsp3) is 0.240. The Labute approximate surface area is 186 Å². The van der Waals surface area contributed by atoms with E-state index >= 15 is 0 Å². The third-order valence-corrected chi connectivity index (χ3v) is 6.04. The Morgan fingerprint density at radius 3 is 2.88 bits per heavy atom. The maximum Gasteiger partial charge on any atom is 0.257 e. The van der Waals surface area contributed by atoms with Crippen LogP contribution in [0.2, 0.25) is 0 Å². The van der Waals surface area contributed by atoms with Gasteiger partial charge in [-0.2, -0.15) is 0 Å². The minimum absolute atomic E-state index is 0.323. The SMILES string of the molecule is O=C(Nc1cccc(C2CCCN(c3ncnc4[nH]ccc34)C2)c1)C(O)c1ccccc1. The maximum atomic E-state index is 12.6. The zero-order valence-corrected chi connectivity index (χ0v) is 17.6. The van der Waals surface area contributed by atoms with E-state index in [9.17, 15) is 9.90 Å². The maximum absolute atomic E-state index is 12.6. The smallest absolute Gasteiger partial charge is 0.257 e. The average molecular weight is 428 g/mol. The summed E-state index contributed by atoms with van der Waals surface area (Å²) in [6, 6.07) is 18.9. The molecule has 0 aliphatic carbocycles. The van der Waals surface area contributed by atoms with E-state index in [-0.39, 0.29) is 0 Å². The molecule has 1 aliphatic heterocycles. The van der Waals surface area contributed by atoms with Crippen LogP contribution in [0.15, 0.2) is 73.2 Å². The first-order valence-electron chi connectivity index (χ1n) is 10.9. The molecule has 3 N–H and O–H groups in total. The molecule has 4 aromatic rings. The number of carbonyl (C=O) groups excluding carboxylic acids is 1. The summed E-state index contributed by atoms with van der Waals surface area (Å²) in [7, 11) is 0. The van der Waals surface area contributed by atoms with Crippen molar-refractivity contribution in [2.75, 3.05) is 23.3 Å². The second kappa shape index (κ2) is 8.80. The first-order chi connectivity index (χ1) is 15.7. The molecule has 7 nitrogen and oxygen atoms in total. The lowest BCUT2D eigenvalue weighted by Gasteiger charge is -2.34. The summed E-state index contributed by atoms with van der Waals surface area (Å²) in [4.78, 5) is 26.9. The van der Waals surface area contributed by atoms with Crippen LogP contribution in [0.1, 0.15) is 36.0 Å². The van der Waals surface area contributed by atoms with Crippen molar-refractivity contribution >= 4 is 28.4 Å². The quantitative estimate of drug-likeness (QED) is 0.447. The lowest BCUT2D eigenvalue weighted by Crippen LogP contribution is -2.35. The highest BCUT2D eigenvalue weighted by molar-refractivity contribution is 5.94. The second-order valence-corrected chi connectivity index (χ2v) is 8.15. The van der Waals surface area contributed by atoms with Crippen molar-refractivity contribution in [2.45, 2.75) is 24.9 Å². The van der Waals surface area contributed by atoms with E-state index in [1.165, 1.54) is 5.56 Å². The lowest BCUT2D eigenvalue weighted by atomic mass is 9.90. The van der Waals surface area contributed by atoms with Gasteiger partial charge in [-0.1, -0.05) is 42.5 Å². The van der Waals surface area contributed by atoms with Gasteiger partial charge < -0.3 is 20.3 Å². The Hall–Kier alpha value is -3.71. The number of rotatable bonds is 5. The van der Waals surface area contributed by atoms with Gasteiger partial charge in [-0.3, -0.25) is 4.79 Å².